The number of ether oxygens (including phenoxy) is 1. The van der Waals surface area contributed by atoms with Crippen molar-refractivity contribution < 1.29 is 14.3 Å². The minimum absolute atomic E-state index is 0.0904. The summed E-state index contributed by atoms with van der Waals surface area (Å²) in [6.07, 6.45) is 1.27. The van der Waals surface area contributed by atoms with Crippen molar-refractivity contribution in [2.45, 2.75) is 6.54 Å². The first-order valence-corrected chi connectivity index (χ1v) is 8.66. The third-order valence-corrected chi connectivity index (χ3v) is 4.49. The molecule has 2 heterocycles. The Morgan fingerprint density at radius 1 is 1.17 bits per heavy atom. The number of hydrogen-bond acceptors (Lipinski definition) is 6. The van der Waals surface area contributed by atoms with Crippen LogP contribution < -0.4 is 26.8 Å². The van der Waals surface area contributed by atoms with Crippen LogP contribution in [0.3, 0.4) is 0 Å². The van der Waals surface area contributed by atoms with Gasteiger partial charge in [0.15, 0.2) is 11.2 Å². The zero-order valence-corrected chi connectivity index (χ0v) is 16.5. The van der Waals surface area contributed by atoms with Crippen LogP contribution in [-0.4, -0.2) is 37.6 Å². The Morgan fingerprint density at radius 2 is 1.90 bits per heavy atom. The third kappa shape index (κ3) is 3.72. The van der Waals surface area contributed by atoms with Gasteiger partial charge >= 0.3 is 5.69 Å². The molecule has 12 heteroatoms. The largest absolute Gasteiger partial charge is 0.496 e. The molecule has 0 saturated heterocycles. The standard InChI is InChI=1S/C17H17ClN6O5/c1-22-14-13(16(27)23(2)17(22)28)24(8-19-14)7-12(25)20-21-15(26)10-6-9(18)4-5-11(10)29-3/h4-6,8H,7H2,1-3H3,(H,20,25)(H,21,26). The summed E-state index contributed by atoms with van der Waals surface area (Å²) in [5.74, 6) is -0.966. The van der Waals surface area contributed by atoms with Crippen molar-refractivity contribution in [3.05, 3.63) is 56.0 Å². The van der Waals surface area contributed by atoms with Gasteiger partial charge in [0.2, 0.25) is 0 Å². The molecule has 0 aliphatic rings. The number of carbonyl (C=O) groups excluding carboxylic acids is 2. The predicted octanol–water partition coefficient (Wildman–Crippen LogP) is -0.443. The molecule has 0 bridgehead atoms. The van der Waals surface area contributed by atoms with Crippen molar-refractivity contribution in [2.75, 3.05) is 7.11 Å². The quantitative estimate of drug-likeness (QED) is 0.550. The highest BCUT2D eigenvalue weighted by Gasteiger charge is 2.17. The van der Waals surface area contributed by atoms with E-state index in [-0.39, 0.29) is 29.0 Å². The van der Waals surface area contributed by atoms with Crippen molar-refractivity contribution in [3.8, 4) is 5.75 Å². The van der Waals surface area contributed by atoms with E-state index in [1.165, 1.54) is 48.8 Å². The number of hydrazine groups is 1. The SMILES string of the molecule is COc1ccc(Cl)cc1C(=O)NNC(=O)Cn1cnc2c1c(=O)n(C)c(=O)n2C. The molecule has 11 nitrogen and oxygen atoms in total. The maximum Gasteiger partial charge on any atom is 0.332 e. The number of aryl methyl sites for hydroxylation is 1. The molecule has 0 aliphatic carbocycles. The number of aromatic nitrogens is 4. The number of amides is 2. The van der Waals surface area contributed by atoms with E-state index in [0.717, 1.165) is 4.57 Å². The molecule has 0 fully saturated rings. The Morgan fingerprint density at radius 3 is 2.59 bits per heavy atom. The molecular formula is C17H17ClN6O5. The number of nitrogens with zero attached hydrogens (tertiary/aromatic N) is 4. The van der Waals surface area contributed by atoms with Crippen molar-refractivity contribution in [1.82, 2.24) is 29.5 Å². The van der Waals surface area contributed by atoms with Crippen LogP contribution in [0.15, 0.2) is 34.1 Å². The number of benzene rings is 1. The highest BCUT2D eigenvalue weighted by molar-refractivity contribution is 6.31. The second kappa shape index (κ2) is 7.80. The lowest BCUT2D eigenvalue weighted by Crippen LogP contribution is -2.43. The van der Waals surface area contributed by atoms with Gasteiger partial charge < -0.3 is 9.30 Å². The van der Waals surface area contributed by atoms with Gasteiger partial charge in [-0.25, -0.2) is 9.78 Å². The lowest BCUT2D eigenvalue weighted by atomic mass is 10.2. The van der Waals surface area contributed by atoms with Crippen molar-refractivity contribution in [2.24, 2.45) is 14.1 Å². The summed E-state index contributed by atoms with van der Waals surface area (Å²) in [5.41, 5.74) is 3.78. The fourth-order valence-corrected chi connectivity index (χ4v) is 2.93. The van der Waals surface area contributed by atoms with E-state index in [1.807, 2.05) is 0 Å². The fraction of sp³-hybridized carbons (Fsp3) is 0.235. The minimum Gasteiger partial charge on any atom is -0.496 e. The molecule has 2 amide bonds. The predicted molar refractivity (Wildman–Crippen MR) is 104 cm³/mol. The number of methoxy groups -OCH3 is 1. The van der Waals surface area contributed by atoms with Crippen molar-refractivity contribution in [3.63, 3.8) is 0 Å². The molecule has 0 radical (unpaired) electrons. The molecule has 2 N–H and O–H groups in total. The lowest BCUT2D eigenvalue weighted by molar-refractivity contribution is -0.122. The summed E-state index contributed by atoms with van der Waals surface area (Å²) in [5, 5.41) is 0.327. The minimum atomic E-state index is -0.633. The van der Waals surface area contributed by atoms with Gasteiger partial charge in [-0.15, -0.1) is 0 Å². The van der Waals surface area contributed by atoms with Crippen LogP contribution in [0, 0.1) is 0 Å². The number of carbonyl (C=O) groups is 2. The van der Waals surface area contributed by atoms with Gasteiger partial charge in [0.1, 0.15) is 12.3 Å². The summed E-state index contributed by atoms with van der Waals surface area (Å²) < 4.78 is 8.52. The number of rotatable bonds is 4. The number of imidazole rings is 1. The van der Waals surface area contributed by atoms with Gasteiger partial charge in [0, 0.05) is 19.1 Å². The summed E-state index contributed by atoms with van der Waals surface area (Å²) in [7, 11) is 4.21. The molecule has 2 aromatic heterocycles. The maximum atomic E-state index is 12.4. The monoisotopic (exact) mass is 420 g/mol. The van der Waals surface area contributed by atoms with Crippen LogP contribution >= 0.6 is 11.6 Å². The van der Waals surface area contributed by atoms with E-state index < -0.39 is 23.1 Å². The third-order valence-electron chi connectivity index (χ3n) is 4.25. The van der Waals surface area contributed by atoms with Gasteiger partial charge in [-0.2, -0.15) is 0 Å². The molecule has 3 rings (SSSR count). The number of hydrogen-bond donors (Lipinski definition) is 2. The Labute approximate surface area is 168 Å². The van der Waals surface area contributed by atoms with Crippen LogP contribution in [0.2, 0.25) is 5.02 Å². The second-order valence-corrected chi connectivity index (χ2v) is 6.53. The molecule has 0 saturated carbocycles. The zero-order chi connectivity index (χ0) is 21.3. The van der Waals surface area contributed by atoms with Gasteiger partial charge in [0.05, 0.1) is 19.0 Å². The number of nitrogens with one attached hydrogen (secondary N) is 2. The molecule has 0 atom stereocenters. The Hall–Kier alpha value is -3.60. The first kappa shape index (κ1) is 20.1. The van der Waals surface area contributed by atoms with E-state index in [2.05, 4.69) is 15.8 Å². The fourth-order valence-electron chi connectivity index (χ4n) is 2.76. The average Bonchev–Trinajstić information content (AvgIpc) is 3.12. The molecule has 29 heavy (non-hydrogen) atoms. The van der Waals surface area contributed by atoms with E-state index in [0.29, 0.717) is 5.02 Å². The molecule has 1 aromatic carbocycles. The summed E-state index contributed by atoms with van der Waals surface area (Å²) >= 11 is 5.89. The lowest BCUT2D eigenvalue weighted by Gasteiger charge is -2.11. The van der Waals surface area contributed by atoms with Gasteiger partial charge in [-0.3, -0.25) is 34.4 Å². The van der Waals surface area contributed by atoms with Crippen LogP contribution in [0.4, 0.5) is 0 Å². The highest BCUT2D eigenvalue weighted by atomic mass is 35.5. The topological polar surface area (TPSA) is 129 Å². The summed E-state index contributed by atoms with van der Waals surface area (Å²) in [6.45, 7) is -0.309. The van der Waals surface area contributed by atoms with E-state index in [9.17, 15) is 19.2 Å². The second-order valence-electron chi connectivity index (χ2n) is 6.10. The smallest absolute Gasteiger partial charge is 0.332 e. The van der Waals surface area contributed by atoms with Crippen LogP contribution in [-0.2, 0) is 25.4 Å². The number of fused-ring (bicyclic) bond motifs is 1. The first-order valence-electron chi connectivity index (χ1n) is 8.28. The van der Waals surface area contributed by atoms with Crippen LogP contribution in [0.5, 0.6) is 5.75 Å². The van der Waals surface area contributed by atoms with Crippen molar-refractivity contribution >= 4 is 34.6 Å². The number of halogens is 1. The summed E-state index contributed by atoms with van der Waals surface area (Å²) in [6, 6.07) is 4.49. The van der Waals surface area contributed by atoms with Gasteiger partial charge in [0.25, 0.3) is 17.4 Å². The van der Waals surface area contributed by atoms with E-state index in [1.54, 1.807) is 6.07 Å². The summed E-state index contributed by atoms with van der Waals surface area (Å²) in [4.78, 5) is 52.9. The molecule has 0 aliphatic heterocycles. The maximum absolute atomic E-state index is 12.4. The molecule has 0 spiro atoms. The van der Waals surface area contributed by atoms with E-state index >= 15 is 0 Å². The average molecular weight is 421 g/mol. The molecule has 152 valence electrons. The van der Waals surface area contributed by atoms with Gasteiger partial charge in [-0.1, -0.05) is 11.6 Å². The van der Waals surface area contributed by atoms with Crippen LogP contribution in [0.1, 0.15) is 10.4 Å². The van der Waals surface area contributed by atoms with E-state index in [4.69, 9.17) is 16.3 Å². The first-order chi connectivity index (χ1) is 13.7. The zero-order valence-electron chi connectivity index (χ0n) is 15.7. The molecule has 3 aromatic rings. The normalized spacial score (nSPS) is 10.8. The Balaban J connectivity index is 1.77. The van der Waals surface area contributed by atoms with Crippen molar-refractivity contribution in [1.29, 1.82) is 0 Å². The van der Waals surface area contributed by atoms with Gasteiger partial charge in [-0.05, 0) is 18.2 Å². The Kier molecular flexibility index (Phi) is 5.41. The molecule has 0 unspecified atom stereocenters. The Bertz CT molecular complexity index is 1240. The molecular weight excluding hydrogens is 404 g/mol. The van der Waals surface area contributed by atoms with Crippen LogP contribution in [0.25, 0.3) is 11.2 Å². The highest BCUT2D eigenvalue weighted by Crippen LogP contribution is 2.22.